The van der Waals surface area contributed by atoms with Gasteiger partial charge in [0.1, 0.15) is 11.9 Å². The number of piperidine rings is 1. The maximum absolute atomic E-state index is 13.8. The Labute approximate surface area is 220 Å². The predicted molar refractivity (Wildman–Crippen MR) is 127 cm³/mol. The molecule has 3 amide bonds. The van der Waals surface area contributed by atoms with Gasteiger partial charge in [-0.1, -0.05) is 6.07 Å². The van der Waals surface area contributed by atoms with E-state index in [4.69, 9.17) is 0 Å². The van der Waals surface area contributed by atoms with Gasteiger partial charge in [0.2, 0.25) is 5.91 Å². The zero-order valence-corrected chi connectivity index (χ0v) is 21.3. The van der Waals surface area contributed by atoms with Crippen LogP contribution < -0.4 is 5.32 Å². The van der Waals surface area contributed by atoms with Crippen molar-refractivity contribution < 1.29 is 45.4 Å². The predicted octanol–water partition coefficient (Wildman–Crippen LogP) is 5.43. The molecule has 0 bridgehead atoms. The first-order valence-corrected chi connectivity index (χ1v) is 12.0. The van der Waals surface area contributed by atoms with Crippen LogP contribution in [0.5, 0.6) is 0 Å². The topological polar surface area (TPSA) is 72.9 Å². The summed E-state index contributed by atoms with van der Waals surface area (Å²) in [5, 5.41) is 12.2. The van der Waals surface area contributed by atoms with E-state index in [9.17, 15) is 45.4 Å². The lowest BCUT2D eigenvalue weighted by Gasteiger charge is -2.42. The van der Waals surface area contributed by atoms with E-state index in [-0.39, 0.29) is 31.0 Å². The lowest BCUT2D eigenvalue weighted by Crippen LogP contribution is -2.52. The van der Waals surface area contributed by atoms with E-state index in [0.29, 0.717) is 23.3 Å². The summed E-state index contributed by atoms with van der Waals surface area (Å²) in [4.78, 5) is 27.9. The summed E-state index contributed by atoms with van der Waals surface area (Å²) >= 11 is 0. The smallest absolute Gasteiger partial charge is 0.384 e. The molecule has 39 heavy (non-hydrogen) atoms. The van der Waals surface area contributed by atoms with Crippen LogP contribution in [0, 0.1) is 12.7 Å². The van der Waals surface area contributed by atoms with Crippen LogP contribution in [-0.4, -0.2) is 52.6 Å². The minimum atomic E-state index is -5.03. The number of likely N-dealkylation sites (tertiary alicyclic amines) is 1. The minimum Gasteiger partial charge on any atom is -0.384 e. The molecule has 0 aliphatic carbocycles. The van der Waals surface area contributed by atoms with Gasteiger partial charge in [-0.3, -0.25) is 4.79 Å². The minimum absolute atomic E-state index is 0.0188. The molecule has 0 saturated carbocycles. The van der Waals surface area contributed by atoms with E-state index in [2.05, 4.69) is 5.32 Å². The second-order valence-corrected chi connectivity index (χ2v) is 9.67. The fraction of sp³-hybridized carbons (Fsp3) is 0.462. The summed E-state index contributed by atoms with van der Waals surface area (Å²) < 4.78 is 93.4. The van der Waals surface area contributed by atoms with Gasteiger partial charge < -0.3 is 20.2 Å². The SMILES string of the molecule is Cc1cc(F)ccc1[C@H]1C[C@@H](NC(=O)C(C)O)CCN1C(=O)N(C)Cc1cc(C(F)(F)F)cc(C(F)(F)F)c1. The Morgan fingerprint density at radius 3 is 2.18 bits per heavy atom. The Morgan fingerprint density at radius 2 is 1.67 bits per heavy atom. The number of nitrogens with one attached hydrogen (secondary N) is 1. The number of rotatable bonds is 5. The summed E-state index contributed by atoms with van der Waals surface area (Å²) in [7, 11) is 1.26. The number of benzene rings is 2. The number of urea groups is 1. The fourth-order valence-electron chi connectivity index (χ4n) is 4.63. The Morgan fingerprint density at radius 1 is 1.08 bits per heavy atom. The van der Waals surface area contributed by atoms with Crippen molar-refractivity contribution in [1.29, 1.82) is 0 Å². The Bertz CT molecular complexity index is 1180. The summed E-state index contributed by atoms with van der Waals surface area (Å²) in [6.07, 6.45) is -10.9. The van der Waals surface area contributed by atoms with Crippen molar-refractivity contribution in [3.63, 3.8) is 0 Å². The van der Waals surface area contributed by atoms with Crippen molar-refractivity contribution in [3.05, 3.63) is 70.0 Å². The molecular weight excluding hydrogens is 535 g/mol. The highest BCUT2D eigenvalue weighted by molar-refractivity contribution is 5.80. The zero-order valence-electron chi connectivity index (χ0n) is 21.3. The largest absolute Gasteiger partial charge is 0.416 e. The Balaban J connectivity index is 1.90. The number of hydrogen-bond donors (Lipinski definition) is 2. The number of aliphatic hydroxyl groups is 1. The molecule has 214 valence electrons. The van der Waals surface area contributed by atoms with Crippen LogP contribution in [0.4, 0.5) is 35.5 Å². The number of amides is 3. The van der Waals surface area contributed by atoms with Crippen LogP contribution in [0.3, 0.4) is 0 Å². The van der Waals surface area contributed by atoms with E-state index in [1.165, 1.54) is 37.1 Å². The number of hydrogen-bond acceptors (Lipinski definition) is 3. The normalized spacial score (nSPS) is 19.0. The van der Waals surface area contributed by atoms with Gasteiger partial charge in [-0.05, 0) is 73.7 Å². The van der Waals surface area contributed by atoms with E-state index in [0.717, 1.165) is 4.90 Å². The van der Waals surface area contributed by atoms with Crippen LogP contribution in [0.2, 0.25) is 0 Å². The van der Waals surface area contributed by atoms with Gasteiger partial charge >= 0.3 is 18.4 Å². The second kappa shape index (κ2) is 11.4. The van der Waals surface area contributed by atoms with Crippen LogP contribution in [-0.2, 0) is 23.7 Å². The Kier molecular flexibility index (Phi) is 8.83. The van der Waals surface area contributed by atoms with Gasteiger partial charge in [-0.25, -0.2) is 9.18 Å². The first kappa shape index (κ1) is 30.2. The number of carbonyl (C=O) groups excluding carboxylic acids is 2. The summed E-state index contributed by atoms with van der Waals surface area (Å²) in [5.41, 5.74) is -2.25. The van der Waals surface area contributed by atoms with Crippen molar-refractivity contribution in [3.8, 4) is 0 Å². The third-order valence-corrected chi connectivity index (χ3v) is 6.56. The van der Waals surface area contributed by atoms with Crippen LogP contribution in [0.1, 0.15) is 53.6 Å². The molecule has 1 aliphatic rings. The van der Waals surface area contributed by atoms with Gasteiger partial charge in [0.25, 0.3) is 0 Å². The van der Waals surface area contributed by atoms with Crippen LogP contribution in [0.15, 0.2) is 36.4 Å². The molecular formula is C26H28F7N3O3. The lowest BCUT2D eigenvalue weighted by molar-refractivity contribution is -0.143. The highest BCUT2D eigenvalue weighted by atomic mass is 19.4. The molecule has 1 heterocycles. The first-order valence-electron chi connectivity index (χ1n) is 12.0. The molecule has 2 aromatic carbocycles. The highest BCUT2D eigenvalue weighted by Crippen LogP contribution is 2.37. The maximum atomic E-state index is 13.8. The lowest BCUT2D eigenvalue weighted by atomic mass is 9.89. The molecule has 1 fully saturated rings. The first-order chi connectivity index (χ1) is 18.0. The van der Waals surface area contributed by atoms with Gasteiger partial charge in [0.15, 0.2) is 0 Å². The summed E-state index contributed by atoms with van der Waals surface area (Å²) in [5.74, 6) is -1.12. The number of halogens is 7. The van der Waals surface area contributed by atoms with Crippen molar-refractivity contribution in [1.82, 2.24) is 15.1 Å². The van der Waals surface area contributed by atoms with Crippen molar-refractivity contribution in [2.75, 3.05) is 13.6 Å². The molecule has 2 aromatic rings. The quantitative estimate of drug-likeness (QED) is 0.477. The third kappa shape index (κ3) is 7.40. The standard InChI is InChI=1S/C26H28F7N3O3/c1-14-8-19(27)4-5-21(14)22-12-20(34-23(38)15(2)37)6-7-36(22)24(39)35(3)13-16-9-17(25(28,29)30)11-18(10-16)26(31,32)33/h4-5,8-11,15,20,22,37H,6-7,12-13H2,1-3H3,(H,34,38)/t15?,20-,22+/m0/s1. The Hall–Kier alpha value is -3.35. The van der Waals surface area contributed by atoms with Gasteiger partial charge in [-0.2, -0.15) is 26.3 Å². The molecule has 0 radical (unpaired) electrons. The van der Waals surface area contributed by atoms with Gasteiger partial charge in [-0.15, -0.1) is 0 Å². The molecule has 0 spiro atoms. The van der Waals surface area contributed by atoms with E-state index >= 15 is 0 Å². The molecule has 13 heteroatoms. The number of alkyl halides is 6. The number of nitrogens with zero attached hydrogens (tertiary/aromatic N) is 2. The van der Waals surface area contributed by atoms with E-state index < -0.39 is 66.0 Å². The monoisotopic (exact) mass is 563 g/mol. The summed E-state index contributed by atoms with van der Waals surface area (Å²) in [6, 6.07) is 3.29. The van der Waals surface area contributed by atoms with Gasteiger partial charge in [0.05, 0.1) is 17.2 Å². The molecule has 3 rings (SSSR count). The van der Waals surface area contributed by atoms with Crippen molar-refractivity contribution in [2.45, 2.75) is 63.8 Å². The molecule has 1 saturated heterocycles. The van der Waals surface area contributed by atoms with E-state index in [1.807, 2.05) is 0 Å². The fourth-order valence-corrected chi connectivity index (χ4v) is 4.63. The zero-order chi connectivity index (χ0) is 29.3. The number of aryl methyl sites for hydroxylation is 1. The van der Waals surface area contributed by atoms with Crippen molar-refractivity contribution >= 4 is 11.9 Å². The average molecular weight is 564 g/mol. The molecule has 1 unspecified atom stereocenters. The molecule has 3 atom stereocenters. The second-order valence-electron chi connectivity index (χ2n) is 9.67. The number of aliphatic hydroxyl groups excluding tert-OH is 1. The van der Waals surface area contributed by atoms with Crippen LogP contribution in [0.25, 0.3) is 0 Å². The maximum Gasteiger partial charge on any atom is 0.416 e. The third-order valence-electron chi connectivity index (χ3n) is 6.56. The molecule has 2 N–H and O–H groups in total. The molecule has 1 aliphatic heterocycles. The van der Waals surface area contributed by atoms with Gasteiger partial charge in [0, 0.05) is 26.2 Å². The van der Waals surface area contributed by atoms with Crippen molar-refractivity contribution in [2.24, 2.45) is 0 Å². The number of carbonyl (C=O) groups is 2. The van der Waals surface area contributed by atoms with Crippen LogP contribution >= 0.6 is 0 Å². The van der Waals surface area contributed by atoms with E-state index in [1.54, 1.807) is 6.92 Å². The average Bonchev–Trinajstić information content (AvgIpc) is 2.82. The molecule has 0 aromatic heterocycles. The molecule has 6 nitrogen and oxygen atoms in total. The highest BCUT2D eigenvalue weighted by Gasteiger charge is 2.38. The summed E-state index contributed by atoms with van der Waals surface area (Å²) in [6.45, 7) is 2.46.